The van der Waals surface area contributed by atoms with Crippen molar-refractivity contribution >= 4 is 17.3 Å². The number of nitriles is 1. The molecule has 0 saturated carbocycles. The Morgan fingerprint density at radius 3 is 2.80 bits per heavy atom. The van der Waals surface area contributed by atoms with Gasteiger partial charge in [0, 0.05) is 12.5 Å². The second-order valence-electron chi connectivity index (χ2n) is 5.90. The highest BCUT2D eigenvalue weighted by atomic mass is 32.2. The molecule has 130 valence electrons. The van der Waals surface area contributed by atoms with Gasteiger partial charge in [0.15, 0.2) is 0 Å². The van der Waals surface area contributed by atoms with Gasteiger partial charge in [-0.1, -0.05) is 36.2 Å². The van der Waals surface area contributed by atoms with Gasteiger partial charge >= 0.3 is 0 Å². The fraction of sp³-hybridized carbons (Fsp3) is 0.350. The number of aliphatic hydroxyl groups is 1. The topological polar surface area (TPSA) is 53.2 Å². The number of thioether (sulfide) groups is 1. The summed E-state index contributed by atoms with van der Waals surface area (Å²) in [6, 6.07) is 6.29. The van der Waals surface area contributed by atoms with E-state index in [0.717, 1.165) is 16.9 Å². The van der Waals surface area contributed by atoms with Crippen molar-refractivity contribution in [3.8, 4) is 17.9 Å². The summed E-state index contributed by atoms with van der Waals surface area (Å²) >= 11 is 1.38. The van der Waals surface area contributed by atoms with Gasteiger partial charge in [-0.25, -0.2) is 4.39 Å². The molecule has 2 atom stereocenters. The third-order valence-electron chi connectivity index (χ3n) is 3.88. The fourth-order valence-corrected chi connectivity index (χ4v) is 3.13. The summed E-state index contributed by atoms with van der Waals surface area (Å²) in [6.07, 6.45) is 0.0382. The molecule has 2 rings (SSSR count). The van der Waals surface area contributed by atoms with Crippen molar-refractivity contribution < 1.29 is 14.2 Å². The van der Waals surface area contributed by atoms with E-state index in [9.17, 15) is 9.50 Å². The van der Waals surface area contributed by atoms with E-state index < -0.39 is 11.9 Å². The van der Waals surface area contributed by atoms with E-state index in [1.807, 2.05) is 19.9 Å². The quantitative estimate of drug-likeness (QED) is 0.825. The summed E-state index contributed by atoms with van der Waals surface area (Å²) in [6.45, 7) is 8.75. The lowest BCUT2D eigenvalue weighted by molar-refractivity contribution is 0.130. The normalized spacial score (nSPS) is 18.6. The molecule has 1 aromatic rings. The van der Waals surface area contributed by atoms with Crippen LogP contribution in [-0.4, -0.2) is 24.4 Å². The zero-order valence-corrected chi connectivity index (χ0v) is 15.1. The molecule has 1 saturated heterocycles. The van der Waals surface area contributed by atoms with E-state index in [1.54, 1.807) is 6.07 Å². The molecule has 0 spiro atoms. The highest BCUT2D eigenvalue weighted by Crippen LogP contribution is 2.31. The molecule has 0 aliphatic carbocycles. The lowest BCUT2D eigenvalue weighted by atomic mass is 10.0. The van der Waals surface area contributed by atoms with Crippen LogP contribution in [0.4, 0.5) is 4.39 Å². The Balaban J connectivity index is 2.34. The fourth-order valence-electron chi connectivity index (χ4n) is 2.40. The first-order valence-corrected chi connectivity index (χ1v) is 8.75. The number of halogens is 1. The zero-order valence-electron chi connectivity index (χ0n) is 14.3. The van der Waals surface area contributed by atoms with Gasteiger partial charge in [-0.15, -0.1) is 0 Å². The molecule has 1 aromatic carbocycles. The first kappa shape index (κ1) is 19.3. The van der Waals surface area contributed by atoms with E-state index in [1.165, 1.54) is 23.9 Å². The smallest absolute Gasteiger partial charge is 0.141 e. The minimum absolute atomic E-state index is 0.00777. The summed E-state index contributed by atoms with van der Waals surface area (Å²) in [4.78, 5) is 1.55. The molecule has 1 heterocycles. The minimum atomic E-state index is -0.756. The maximum Gasteiger partial charge on any atom is 0.141 e. The van der Waals surface area contributed by atoms with Crippen LogP contribution in [0.3, 0.4) is 0 Å². The number of ether oxygens (including phenoxy) is 1. The van der Waals surface area contributed by atoms with Gasteiger partial charge in [0.05, 0.1) is 17.1 Å². The molecule has 2 unspecified atom stereocenters. The summed E-state index contributed by atoms with van der Waals surface area (Å²) < 4.78 is 19.2. The number of benzene rings is 1. The molecule has 0 amide bonds. The minimum Gasteiger partial charge on any atom is -0.381 e. The van der Waals surface area contributed by atoms with Crippen molar-refractivity contribution in [2.24, 2.45) is 5.92 Å². The predicted octanol–water partition coefficient (Wildman–Crippen LogP) is 4.10. The van der Waals surface area contributed by atoms with Gasteiger partial charge in [0.2, 0.25) is 0 Å². The monoisotopic (exact) mass is 357 g/mol. The van der Waals surface area contributed by atoms with Crippen molar-refractivity contribution in [1.82, 2.24) is 0 Å². The number of nitrogens with zero attached hydrogens (tertiary/aromatic N) is 1. The third-order valence-corrected chi connectivity index (χ3v) is 4.85. The van der Waals surface area contributed by atoms with Crippen LogP contribution in [-0.2, 0) is 4.74 Å². The molecule has 25 heavy (non-hydrogen) atoms. The number of aliphatic hydroxyl groups excluding tert-OH is 1. The van der Waals surface area contributed by atoms with Crippen LogP contribution in [0.15, 0.2) is 34.6 Å². The van der Waals surface area contributed by atoms with Crippen LogP contribution in [0.5, 0.6) is 0 Å². The second kappa shape index (κ2) is 8.87. The molecular formula is C20H20FNO2S. The van der Waals surface area contributed by atoms with Crippen LogP contribution in [0.2, 0.25) is 0 Å². The van der Waals surface area contributed by atoms with Gasteiger partial charge in [0.1, 0.15) is 18.0 Å². The lowest BCUT2D eigenvalue weighted by Gasteiger charge is -2.10. The van der Waals surface area contributed by atoms with Crippen LogP contribution in [0, 0.1) is 34.9 Å². The van der Waals surface area contributed by atoms with Gasteiger partial charge in [-0.05, 0) is 48.4 Å². The summed E-state index contributed by atoms with van der Waals surface area (Å²) in [5.74, 6) is 5.35. The SMILES string of the molecule is C=C(C)S/C(C#CC(O)C1CCOC1)=C(\C)c1ccc(C#N)c(F)c1. The van der Waals surface area contributed by atoms with Crippen molar-refractivity contribution in [3.05, 3.63) is 51.5 Å². The first-order valence-electron chi connectivity index (χ1n) is 7.94. The number of hydrogen-bond acceptors (Lipinski definition) is 4. The van der Waals surface area contributed by atoms with Gasteiger partial charge in [-0.3, -0.25) is 0 Å². The van der Waals surface area contributed by atoms with Crippen LogP contribution in [0.1, 0.15) is 31.4 Å². The molecule has 1 fully saturated rings. The maximum absolute atomic E-state index is 13.9. The van der Waals surface area contributed by atoms with E-state index >= 15 is 0 Å². The predicted molar refractivity (Wildman–Crippen MR) is 98.8 cm³/mol. The molecular weight excluding hydrogens is 337 g/mol. The Labute approximate surface area is 152 Å². The van der Waals surface area contributed by atoms with Crippen molar-refractivity contribution in [1.29, 1.82) is 5.26 Å². The number of hydrogen-bond donors (Lipinski definition) is 1. The molecule has 0 aromatic heterocycles. The van der Waals surface area contributed by atoms with Gasteiger partial charge < -0.3 is 9.84 Å². The highest BCUT2D eigenvalue weighted by molar-refractivity contribution is 8.07. The zero-order chi connectivity index (χ0) is 18.4. The molecule has 0 bridgehead atoms. The third kappa shape index (κ3) is 5.21. The van der Waals surface area contributed by atoms with E-state index in [0.29, 0.717) is 23.7 Å². The van der Waals surface area contributed by atoms with Crippen molar-refractivity contribution in [3.63, 3.8) is 0 Å². The molecule has 0 radical (unpaired) electrons. The summed E-state index contributed by atoms with van der Waals surface area (Å²) in [5, 5.41) is 19.0. The first-order chi connectivity index (χ1) is 11.9. The Morgan fingerprint density at radius 2 is 2.24 bits per heavy atom. The number of allylic oxidation sites excluding steroid dienone is 3. The second-order valence-corrected chi connectivity index (χ2v) is 7.21. The largest absolute Gasteiger partial charge is 0.381 e. The van der Waals surface area contributed by atoms with Crippen LogP contribution < -0.4 is 0 Å². The lowest BCUT2D eigenvalue weighted by Crippen LogP contribution is -2.18. The van der Waals surface area contributed by atoms with Crippen molar-refractivity contribution in [2.75, 3.05) is 13.2 Å². The van der Waals surface area contributed by atoms with E-state index in [-0.39, 0.29) is 11.5 Å². The molecule has 1 N–H and O–H groups in total. The number of rotatable bonds is 4. The molecule has 1 aliphatic rings. The van der Waals surface area contributed by atoms with Crippen LogP contribution in [0.25, 0.3) is 5.57 Å². The Hall–Kier alpha value is -2.05. The Morgan fingerprint density at radius 1 is 1.48 bits per heavy atom. The maximum atomic E-state index is 13.9. The molecule has 3 nitrogen and oxygen atoms in total. The molecule has 5 heteroatoms. The van der Waals surface area contributed by atoms with Crippen molar-refractivity contribution in [2.45, 2.75) is 26.4 Å². The highest BCUT2D eigenvalue weighted by Gasteiger charge is 2.22. The molecule has 1 aliphatic heterocycles. The Bertz CT molecular complexity index is 792. The summed E-state index contributed by atoms with van der Waals surface area (Å²) in [7, 11) is 0. The van der Waals surface area contributed by atoms with Gasteiger partial charge in [0.25, 0.3) is 0 Å². The Kier molecular flexibility index (Phi) is 6.84. The standard InChI is InChI=1S/C20H20FNO2S/c1-13(2)25-20(7-6-19(23)17-8-9-24-12-17)14(3)15-4-5-16(11-22)18(21)10-15/h4-5,10,17,19,23H,1,8-9,12H2,2-3H3/b20-14+. The van der Waals surface area contributed by atoms with E-state index in [2.05, 4.69) is 18.4 Å². The average molecular weight is 357 g/mol. The van der Waals surface area contributed by atoms with Gasteiger partial charge in [-0.2, -0.15) is 5.26 Å². The van der Waals surface area contributed by atoms with E-state index in [4.69, 9.17) is 10.00 Å². The van der Waals surface area contributed by atoms with Crippen LogP contribution >= 0.6 is 11.8 Å². The average Bonchev–Trinajstić information content (AvgIpc) is 3.12. The summed E-state index contributed by atoms with van der Waals surface area (Å²) in [5.41, 5.74) is 1.43.